The lowest BCUT2D eigenvalue weighted by Gasteiger charge is -2.39. The molecule has 1 saturated carbocycles. The molecule has 19 heavy (non-hydrogen) atoms. The summed E-state index contributed by atoms with van der Waals surface area (Å²) in [5.74, 6) is -0.646. The molecule has 106 valence electrons. The summed E-state index contributed by atoms with van der Waals surface area (Å²) in [5.41, 5.74) is 10.4. The summed E-state index contributed by atoms with van der Waals surface area (Å²) in [6, 6.07) is 2.17. The molecule has 0 aromatic rings. The number of primary amides is 2. The molecule has 1 aliphatic rings. The van der Waals surface area contributed by atoms with Gasteiger partial charge < -0.3 is 11.5 Å². The first-order valence-electron chi connectivity index (χ1n) is 6.68. The van der Waals surface area contributed by atoms with Crippen LogP contribution < -0.4 is 11.5 Å². The van der Waals surface area contributed by atoms with E-state index in [0.717, 1.165) is 25.7 Å². The molecule has 6 nitrogen and oxygen atoms in total. The van der Waals surface area contributed by atoms with Crippen molar-refractivity contribution >= 4 is 11.8 Å². The van der Waals surface area contributed by atoms with Crippen molar-refractivity contribution in [2.75, 3.05) is 13.1 Å². The number of rotatable bonds is 6. The van der Waals surface area contributed by atoms with Crippen LogP contribution in [0.5, 0.6) is 0 Å². The fourth-order valence-electron chi connectivity index (χ4n) is 2.85. The molecule has 3 unspecified atom stereocenters. The maximum atomic E-state index is 11.1. The molecule has 6 heteroatoms. The quantitative estimate of drug-likeness (QED) is 0.703. The molecule has 1 fully saturated rings. The minimum Gasteiger partial charge on any atom is -0.369 e. The second-order valence-electron chi connectivity index (χ2n) is 5.23. The number of amides is 2. The van der Waals surface area contributed by atoms with E-state index in [4.69, 9.17) is 11.5 Å². The molecule has 2 amide bonds. The highest BCUT2D eigenvalue weighted by Gasteiger charge is 2.35. The Morgan fingerprint density at radius 1 is 1.26 bits per heavy atom. The van der Waals surface area contributed by atoms with E-state index in [-0.39, 0.29) is 25.0 Å². The first-order valence-corrected chi connectivity index (χ1v) is 6.68. The summed E-state index contributed by atoms with van der Waals surface area (Å²) in [4.78, 5) is 23.9. The van der Waals surface area contributed by atoms with E-state index < -0.39 is 11.8 Å². The third-order valence-corrected chi connectivity index (χ3v) is 3.86. The van der Waals surface area contributed by atoms with E-state index in [1.165, 1.54) is 0 Å². The van der Waals surface area contributed by atoms with Crippen LogP contribution in [0.1, 0.15) is 32.6 Å². The summed E-state index contributed by atoms with van der Waals surface area (Å²) < 4.78 is 0. The van der Waals surface area contributed by atoms with Gasteiger partial charge >= 0.3 is 0 Å². The minimum atomic E-state index is -0.503. The van der Waals surface area contributed by atoms with Gasteiger partial charge in [0.05, 0.1) is 25.1 Å². The number of hydrogen-bond acceptors (Lipinski definition) is 4. The summed E-state index contributed by atoms with van der Waals surface area (Å²) in [6.45, 7) is 2.06. The molecule has 1 aliphatic carbocycles. The van der Waals surface area contributed by atoms with E-state index in [9.17, 15) is 14.9 Å². The Morgan fingerprint density at radius 3 is 2.26 bits per heavy atom. The molecule has 0 heterocycles. The third-order valence-electron chi connectivity index (χ3n) is 3.86. The standard InChI is InChI=1S/C13H22N4O2/c1-2-9-3-4-10(6-14)11(5-9)17(7-12(15)18)8-13(16)19/h9-11H,2-5,7-8H2,1H3,(H2,15,18)(H2,16,19). The lowest BCUT2D eigenvalue weighted by atomic mass is 9.77. The third kappa shape index (κ3) is 4.52. The molecule has 0 aliphatic heterocycles. The van der Waals surface area contributed by atoms with Crippen LogP contribution >= 0.6 is 0 Å². The van der Waals surface area contributed by atoms with Crippen molar-refractivity contribution in [2.24, 2.45) is 23.3 Å². The maximum absolute atomic E-state index is 11.1. The van der Waals surface area contributed by atoms with E-state index in [1.54, 1.807) is 4.90 Å². The van der Waals surface area contributed by atoms with E-state index in [1.807, 2.05) is 0 Å². The molecule has 0 aromatic heterocycles. The van der Waals surface area contributed by atoms with Gasteiger partial charge in [-0.05, 0) is 25.2 Å². The van der Waals surface area contributed by atoms with Gasteiger partial charge in [-0.25, -0.2) is 0 Å². The molecular formula is C13H22N4O2. The normalized spacial score (nSPS) is 26.9. The summed E-state index contributed by atoms with van der Waals surface area (Å²) >= 11 is 0. The van der Waals surface area contributed by atoms with Crippen molar-refractivity contribution in [2.45, 2.75) is 38.6 Å². The number of nitrogens with zero attached hydrogens (tertiary/aromatic N) is 2. The number of carbonyl (C=O) groups excluding carboxylic acids is 2. The van der Waals surface area contributed by atoms with Gasteiger partial charge in [0.1, 0.15) is 0 Å². The predicted molar refractivity (Wildman–Crippen MR) is 70.5 cm³/mol. The van der Waals surface area contributed by atoms with Crippen LogP contribution in [0.3, 0.4) is 0 Å². The molecule has 0 aromatic carbocycles. The topological polar surface area (TPSA) is 113 Å². The van der Waals surface area contributed by atoms with Gasteiger partial charge in [-0.15, -0.1) is 0 Å². The molecule has 0 bridgehead atoms. The zero-order chi connectivity index (χ0) is 14.4. The zero-order valence-electron chi connectivity index (χ0n) is 11.3. The largest absolute Gasteiger partial charge is 0.369 e. The van der Waals surface area contributed by atoms with Gasteiger partial charge in [-0.3, -0.25) is 14.5 Å². The molecule has 1 rings (SSSR count). The second kappa shape index (κ2) is 7.10. The van der Waals surface area contributed by atoms with Crippen LogP contribution in [0.4, 0.5) is 0 Å². The predicted octanol–water partition coefficient (Wildman–Crippen LogP) is -0.0225. The average Bonchev–Trinajstić information content (AvgIpc) is 2.36. The van der Waals surface area contributed by atoms with Gasteiger partial charge in [0.25, 0.3) is 0 Å². The van der Waals surface area contributed by atoms with Crippen LogP contribution in [0.2, 0.25) is 0 Å². The van der Waals surface area contributed by atoms with Crippen LogP contribution in [0.25, 0.3) is 0 Å². The molecule has 4 N–H and O–H groups in total. The molecule has 3 atom stereocenters. The van der Waals surface area contributed by atoms with Crippen LogP contribution in [0, 0.1) is 23.2 Å². The van der Waals surface area contributed by atoms with Crippen molar-refractivity contribution in [3.63, 3.8) is 0 Å². The molecule has 0 radical (unpaired) electrons. The fraction of sp³-hybridized carbons (Fsp3) is 0.769. The lowest BCUT2D eigenvalue weighted by molar-refractivity contribution is -0.123. The number of nitrogens with two attached hydrogens (primary N) is 2. The Labute approximate surface area is 113 Å². The first-order chi connectivity index (χ1) is 8.97. The maximum Gasteiger partial charge on any atom is 0.231 e. The Hall–Kier alpha value is -1.61. The van der Waals surface area contributed by atoms with Gasteiger partial charge in [-0.2, -0.15) is 5.26 Å². The van der Waals surface area contributed by atoms with Crippen molar-refractivity contribution in [1.82, 2.24) is 4.90 Å². The lowest BCUT2D eigenvalue weighted by Crippen LogP contribution is -2.50. The smallest absolute Gasteiger partial charge is 0.231 e. The summed E-state index contributed by atoms with van der Waals surface area (Å²) in [6.07, 6.45) is 3.67. The fourth-order valence-corrected chi connectivity index (χ4v) is 2.85. The Bertz CT molecular complexity index is 361. The minimum absolute atomic E-state index is 0.0256. The Morgan fingerprint density at radius 2 is 1.84 bits per heavy atom. The van der Waals surface area contributed by atoms with E-state index in [0.29, 0.717) is 5.92 Å². The monoisotopic (exact) mass is 266 g/mol. The van der Waals surface area contributed by atoms with Crippen molar-refractivity contribution in [3.05, 3.63) is 0 Å². The van der Waals surface area contributed by atoms with Gasteiger partial charge in [0.15, 0.2) is 0 Å². The molecule has 0 spiro atoms. The average molecular weight is 266 g/mol. The highest BCUT2D eigenvalue weighted by Crippen LogP contribution is 2.33. The SMILES string of the molecule is CCC1CCC(C#N)C(N(CC(N)=O)CC(N)=O)C1. The van der Waals surface area contributed by atoms with Gasteiger partial charge in [0.2, 0.25) is 11.8 Å². The molecular weight excluding hydrogens is 244 g/mol. The van der Waals surface area contributed by atoms with Gasteiger partial charge in [-0.1, -0.05) is 13.3 Å². The van der Waals surface area contributed by atoms with Crippen molar-refractivity contribution in [3.8, 4) is 6.07 Å². The van der Waals surface area contributed by atoms with Crippen LogP contribution in [0.15, 0.2) is 0 Å². The van der Waals surface area contributed by atoms with E-state index >= 15 is 0 Å². The van der Waals surface area contributed by atoms with Gasteiger partial charge in [0, 0.05) is 6.04 Å². The van der Waals surface area contributed by atoms with Crippen molar-refractivity contribution in [1.29, 1.82) is 5.26 Å². The summed E-state index contributed by atoms with van der Waals surface area (Å²) in [5, 5.41) is 9.23. The van der Waals surface area contributed by atoms with Crippen LogP contribution in [-0.4, -0.2) is 35.8 Å². The second-order valence-corrected chi connectivity index (χ2v) is 5.23. The number of carbonyl (C=O) groups is 2. The highest BCUT2D eigenvalue weighted by atomic mass is 16.2. The highest BCUT2D eigenvalue weighted by molar-refractivity contribution is 5.79. The number of hydrogen-bond donors (Lipinski definition) is 2. The zero-order valence-corrected chi connectivity index (χ0v) is 11.3. The molecule has 0 saturated heterocycles. The van der Waals surface area contributed by atoms with E-state index in [2.05, 4.69) is 13.0 Å². The summed E-state index contributed by atoms with van der Waals surface area (Å²) in [7, 11) is 0. The Kier molecular flexibility index (Phi) is 5.77. The first kappa shape index (κ1) is 15.4. The Balaban J connectivity index is 2.84. The van der Waals surface area contributed by atoms with Crippen molar-refractivity contribution < 1.29 is 9.59 Å². The van der Waals surface area contributed by atoms with Crippen LogP contribution in [-0.2, 0) is 9.59 Å². The number of nitriles is 1.